The van der Waals surface area contributed by atoms with Crippen molar-refractivity contribution in [2.24, 2.45) is 0 Å². The van der Waals surface area contributed by atoms with E-state index in [9.17, 15) is 9.59 Å². The first-order chi connectivity index (χ1) is 9.17. The topological polar surface area (TPSA) is 58.6 Å². The van der Waals surface area contributed by atoms with Gasteiger partial charge in [0.05, 0.1) is 19.1 Å². The molecule has 5 nitrogen and oxygen atoms in total. The van der Waals surface area contributed by atoms with E-state index in [1.165, 1.54) is 0 Å². The molecule has 3 rings (SSSR count). The molecule has 1 N–H and O–H groups in total. The summed E-state index contributed by atoms with van der Waals surface area (Å²) in [5, 5.41) is 3.44. The number of rotatable bonds is 4. The number of ether oxygens (including phenoxy) is 1. The van der Waals surface area contributed by atoms with Crippen LogP contribution in [0.2, 0.25) is 0 Å². The Morgan fingerprint density at radius 1 is 1.42 bits per heavy atom. The minimum absolute atomic E-state index is 0.00611. The van der Waals surface area contributed by atoms with Gasteiger partial charge in [-0.15, -0.1) is 0 Å². The largest absolute Gasteiger partial charge is 0.465 e. The predicted octanol–water partition coefficient (Wildman–Crippen LogP) is 0.825. The number of hydrogen-bond donors (Lipinski definition) is 1. The third-order valence-corrected chi connectivity index (χ3v) is 4.50. The molecular weight excluding hydrogens is 244 g/mol. The van der Waals surface area contributed by atoms with E-state index in [2.05, 4.69) is 5.32 Å². The Labute approximate surface area is 113 Å². The highest BCUT2D eigenvalue weighted by Gasteiger charge is 2.59. The minimum Gasteiger partial charge on any atom is -0.465 e. The van der Waals surface area contributed by atoms with Gasteiger partial charge >= 0.3 is 5.97 Å². The Kier molecular flexibility index (Phi) is 3.25. The maximum atomic E-state index is 12.5. The number of nitrogens with zero attached hydrogens (tertiary/aromatic N) is 1. The molecule has 2 saturated heterocycles. The van der Waals surface area contributed by atoms with E-state index in [0.717, 1.165) is 38.6 Å². The first-order valence-corrected chi connectivity index (χ1v) is 7.42. The Bertz CT molecular complexity index is 394. The molecule has 0 aromatic carbocycles. The number of nitrogens with one attached hydrogen (secondary N) is 1. The van der Waals surface area contributed by atoms with E-state index >= 15 is 0 Å². The van der Waals surface area contributed by atoms with Crippen LogP contribution in [-0.4, -0.2) is 47.6 Å². The molecule has 1 aliphatic carbocycles. The lowest BCUT2D eigenvalue weighted by atomic mass is 9.85. The van der Waals surface area contributed by atoms with Crippen LogP contribution in [0.4, 0.5) is 0 Å². The number of piperidine rings is 1. The molecule has 19 heavy (non-hydrogen) atoms. The maximum absolute atomic E-state index is 12.5. The average molecular weight is 266 g/mol. The van der Waals surface area contributed by atoms with E-state index < -0.39 is 5.54 Å². The number of fused-ring (bicyclic) bond motifs is 1. The summed E-state index contributed by atoms with van der Waals surface area (Å²) >= 11 is 0. The van der Waals surface area contributed by atoms with Gasteiger partial charge in [0.15, 0.2) is 0 Å². The highest BCUT2D eigenvalue weighted by Crippen LogP contribution is 2.39. The lowest BCUT2D eigenvalue weighted by Crippen LogP contribution is -2.62. The fourth-order valence-corrected chi connectivity index (χ4v) is 3.47. The van der Waals surface area contributed by atoms with Crippen molar-refractivity contribution in [2.75, 3.05) is 13.2 Å². The van der Waals surface area contributed by atoms with Gasteiger partial charge in [-0.2, -0.15) is 0 Å². The van der Waals surface area contributed by atoms with Crippen molar-refractivity contribution >= 4 is 11.9 Å². The van der Waals surface area contributed by atoms with E-state index in [4.69, 9.17) is 4.74 Å². The van der Waals surface area contributed by atoms with Gasteiger partial charge in [0, 0.05) is 12.6 Å². The molecule has 2 atom stereocenters. The van der Waals surface area contributed by atoms with Crippen molar-refractivity contribution < 1.29 is 14.3 Å². The number of esters is 1. The molecule has 2 aliphatic heterocycles. The standard InChI is InChI=1S/C14H22N2O3/c1-2-19-13(18)14(15-10-6-7-10)9-12(17)16-8-4-3-5-11(14)16/h10-11,15H,2-9H2,1H3. The molecule has 0 spiro atoms. The van der Waals surface area contributed by atoms with Crippen LogP contribution in [0.25, 0.3) is 0 Å². The summed E-state index contributed by atoms with van der Waals surface area (Å²) in [6.45, 7) is 2.98. The van der Waals surface area contributed by atoms with E-state index in [-0.39, 0.29) is 24.3 Å². The first-order valence-electron chi connectivity index (χ1n) is 7.42. The van der Waals surface area contributed by atoms with Gasteiger partial charge in [0.1, 0.15) is 5.54 Å². The molecule has 2 unspecified atom stereocenters. The third kappa shape index (κ3) is 2.14. The first kappa shape index (κ1) is 12.9. The van der Waals surface area contributed by atoms with Crippen molar-refractivity contribution in [3.05, 3.63) is 0 Å². The van der Waals surface area contributed by atoms with Crippen LogP contribution in [0, 0.1) is 0 Å². The van der Waals surface area contributed by atoms with Gasteiger partial charge in [-0.3, -0.25) is 10.1 Å². The van der Waals surface area contributed by atoms with Crippen LogP contribution in [0.1, 0.15) is 45.4 Å². The summed E-state index contributed by atoms with van der Waals surface area (Å²) < 4.78 is 5.27. The zero-order valence-corrected chi connectivity index (χ0v) is 11.5. The van der Waals surface area contributed by atoms with Crippen molar-refractivity contribution in [2.45, 2.75) is 63.1 Å². The smallest absolute Gasteiger partial charge is 0.329 e. The highest BCUT2D eigenvalue weighted by molar-refractivity contribution is 5.94. The van der Waals surface area contributed by atoms with E-state index in [1.807, 2.05) is 11.8 Å². The summed E-state index contributed by atoms with van der Waals surface area (Å²) in [6.07, 6.45) is 5.51. The van der Waals surface area contributed by atoms with Crippen molar-refractivity contribution in [3.8, 4) is 0 Å². The molecule has 0 aromatic rings. The fourth-order valence-electron chi connectivity index (χ4n) is 3.47. The monoisotopic (exact) mass is 266 g/mol. The van der Waals surface area contributed by atoms with Crippen LogP contribution in [0.5, 0.6) is 0 Å². The number of amides is 1. The lowest BCUT2D eigenvalue weighted by Gasteiger charge is -2.39. The molecule has 106 valence electrons. The number of carbonyl (C=O) groups is 2. The van der Waals surface area contributed by atoms with Gasteiger partial charge < -0.3 is 9.64 Å². The van der Waals surface area contributed by atoms with Crippen LogP contribution in [-0.2, 0) is 14.3 Å². The quantitative estimate of drug-likeness (QED) is 0.766. The summed E-state index contributed by atoms with van der Waals surface area (Å²) in [7, 11) is 0. The summed E-state index contributed by atoms with van der Waals surface area (Å²) in [5.74, 6) is -0.129. The Balaban J connectivity index is 1.88. The third-order valence-electron chi connectivity index (χ3n) is 4.50. The second kappa shape index (κ2) is 4.78. The summed E-state index contributed by atoms with van der Waals surface area (Å²) in [4.78, 5) is 26.6. The van der Waals surface area contributed by atoms with Crippen molar-refractivity contribution in [1.82, 2.24) is 10.2 Å². The Hall–Kier alpha value is -1.10. The van der Waals surface area contributed by atoms with Crippen LogP contribution >= 0.6 is 0 Å². The zero-order valence-electron chi connectivity index (χ0n) is 11.5. The minimum atomic E-state index is -0.783. The van der Waals surface area contributed by atoms with Crippen molar-refractivity contribution in [1.29, 1.82) is 0 Å². The van der Waals surface area contributed by atoms with Gasteiger partial charge in [-0.25, -0.2) is 4.79 Å². The number of hydrogen-bond acceptors (Lipinski definition) is 4. The van der Waals surface area contributed by atoms with E-state index in [1.54, 1.807) is 0 Å². The Morgan fingerprint density at radius 3 is 2.89 bits per heavy atom. The van der Waals surface area contributed by atoms with Gasteiger partial charge in [-0.1, -0.05) is 0 Å². The second-order valence-corrected chi connectivity index (χ2v) is 5.89. The predicted molar refractivity (Wildman–Crippen MR) is 69.5 cm³/mol. The fraction of sp³-hybridized carbons (Fsp3) is 0.857. The maximum Gasteiger partial charge on any atom is 0.329 e. The summed E-state index contributed by atoms with van der Waals surface area (Å²) in [6, 6.07) is 0.382. The van der Waals surface area contributed by atoms with Gasteiger partial charge in [0.25, 0.3) is 0 Å². The molecule has 3 aliphatic rings. The molecule has 0 radical (unpaired) electrons. The molecule has 1 amide bonds. The number of carbonyl (C=O) groups excluding carboxylic acids is 2. The van der Waals surface area contributed by atoms with Gasteiger partial charge in [0.2, 0.25) is 5.91 Å². The zero-order chi connectivity index (χ0) is 13.5. The van der Waals surface area contributed by atoms with E-state index in [0.29, 0.717) is 12.6 Å². The normalized spacial score (nSPS) is 34.3. The van der Waals surface area contributed by atoms with Gasteiger partial charge in [-0.05, 0) is 39.0 Å². The highest BCUT2D eigenvalue weighted by atomic mass is 16.5. The molecule has 5 heteroatoms. The van der Waals surface area contributed by atoms with Crippen LogP contribution in [0.3, 0.4) is 0 Å². The van der Waals surface area contributed by atoms with Crippen LogP contribution in [0.15, 0.2) is 0 Å². The molecule has 3 fully saturated rings. The Morgan fingerprint density at radius 2 is 2.21 bits per heavy atom. The lowest BCUT2D eigenvalue weighted by molar-refractivity contribution is -0.153. The molecule has 0 bridgehead atoms. The molecule has 0 aromatic heterocycles. The molecule has 1 saturated carbocycles. The second-order valence-electron chi connectivity index (χ2n) is 5.89. The molecule has 2 heterocycles. The SMILES string of the molecule is CCOC(=O)C1(NC2CC2)CC(=O)N2CCCCC21. The van der Waals surface area contributed by atoms with Crippen molar-refractivity contribution in [3.63, 3.8) is 0 Å². The van der Waals surface area contributed by atoms with Crippen LogP contribution < -0.4 is 5.32 Å². The molecular formula is C14H22N2O3. The summed E-state index contributed by atoms with van der Waals surface area (Å²) in [5.41, 5.74) is -0.783. The average Bonchev–Trinajstić information content (AvgIpc) is 3.16.